The van der Waals surface area contributed by atoms with Gasteiger partial charge in [0.25, 0.3) is 5.79 Å². The van der Waals surface area contributed by atoms with Crippen LogP contribution in [-0.2, 0) is 167 Å². The first-order valence-electron chi connectivity index (χ1n) is 29.1. The molecule has 2 amide bonds. The molecule has 5 fully saturated rings. The van der Waals surface area contributed by atoms with Crippen molar-refractivity contribution in [3.63, 3.8) is 0 Å². The van der Waals surface area contributed by atoms with E-state index in [0.29, 0.717) is 0 Å². The predicted molar refractivity (Wildman–Crippen MR) is 296 cm³/mol. The smallest absolute Gasteiger partial charge is 0.407 e. The van der Waals surface area contributed by atoms with Crippen molar-refractivity contribution in [2.24, 2.45) is 0 Å². The van der Waals surface area contributed by atoms with Crippen molar-refractivity contribution >= 4 is 89.6 Å². The third kappa shape index (κ3) is 21.9. The summed E-state index contributed by atoms with van der Waals surface area (Å²) in [6.45, 7) is 11.8. The van der Waals surface area contributed by atoms with Crippen LogP contribution < -0.4 is 10.6 Å². The molecular formula is C57H76N2O36. The molecule has 1 spiro atoms. The van der Waals surface area contributed by atoms with E-state index in [-0.39, 0.29) is 0 Å². The zero-order valence-corrected chi connectivity index (χ0v) is 53.8. The minimum Gasteiger partial charge on any atom is -0.463 e. The van der Waals surface area contributed by atoms with Gasteiger partial charge in [-0.15, -0.1) is 0 Å². The summed E-state index contributed by atoms with van der Waals surface area (Å²) in [6.07, 6.45) is -37.0. The normalized spacial score (nSPS) is 31.3. The molecule has 0 aliphatic carbocycles. The number of hydrogen-bond acceptors (Lipinski definition) is 36. The number of rotatable bonds is 26. The molecule has 0 bridgehead atoms. The summed E-state index contributed by atoms with van der Waals surface area (Å²) < 4.78 is 123. The van der Waals surface area contributed by atoms with Gasteiger partial charge in [-0.1, -0.05) is 12.7 Å². The first kappa shape index (κ1) is 77.0. The number of carbonyl (C=O) groups is 15. The lowest BCUT2D eigenvalue weighted by Gasteiger charge is -2.55. The standard InChI is InChI=1S/C57H76N2O36/c1-15-16-75-56(74)59-41-46(85-32(12)70)42(37(19-77-24(4)62)88-52(41)92-48-44(83-30(10)68)38(20-78-25(5)63)89-53(87-34(14)72)50(48)86-33(13)71)91-54-51-49(45(84-31(11)69)39(90-54)21-79-26(6)64)95-57(55(73)93-51)17-35(80-27(7)65)40(58-22(2)60)47(94-57)43(82-29(9)67)36(81-28(8)66)18-76-23(3)61/h15,35-54H,1,16-21H2,2-14H3,(H,58,60)(H,59,74)/t35-,36-,37-,38+,39+,40+,41+,42+,43-,44-,45-,46+,47?,48-,49-,50+,51+,52-,53+,54-,57-/m0/s1. The Morgan fingerprint density at radius 3 is 1.45 bits per heavy atom. The van der Waals surface area contributed by atoms with Gasteiger partial charge < -0.3 is 110 Å². The first-order chi connectivity index (χ1) is 44.5. The molecule has 2 N–H and O–H groups in total. The predicted octanol–water partition coefficient (Wildman–Crippen LogP) is -2.15. The SMILES string of the molecule is C=CCOC(=O)N[C@H]1[C@H](O[C@H]2[C@@H](OC(C)=O)[C@@H](COC(C)=O)O[C@@H](OC(C)=O)[C@@H]2OC(C)=O)O[C@@H](COC(C)=O)[C@@H](O[C@@H]2O[C@H](COC(C)=O)[C@H](OC(C)=O)[C@@H]3O[C@@]4(C[C@H](OC(C)=O)[C@@H](NC(C)=O)C([C@@H](OC(C)=O)[C@H](COC(C)=O)OC(C)=O)O4)C(=O)O[C@@H]23)[C@@H]1OC(C)=O. The van der Waals surface area contributed by atoms with Gasteiger partial charge in [-0.05, 0) is 0 Å². The van der Waals surface area contributed by atoms with Crippen LogP contribution in [0.25, 0.3) is 0 Å². The van der Waals surface area contributed by atoms with Gasteiger partial charge in [0, 0.05) is 90.0 Å². The molecule has 5 aliphatic rings. The maximum absolute atomic E-state index is 15.3. The molecule has 0 saturated carbocycles. The lowest BCUT2D eigenvalue weighted by molar-refractivity contribution is -0.407. The Kier molecular flexibility index (Phi) is 28.1. The van der Waals surface area contributed by atoms with Gasteiger partial charge in [0.1, 0.15) is 87.9 Å². The van der Waals surface area contributed by atoms with Crippen LogP contribution in [0.3, 0.4) is 0 Å². The quantitative estimate of drug-likeness (QED) is 0.0530. The molecule has 95 heavy (non-hydrogen) atoms. The first-order valence-corrected chi connectivity index (χ1v) is 29.1. The van der Waals surface area contributed by atoms with E-state index >= 15 is 4.79 Å². The number of alkyl carbamates (subject to hydrolysis) is 1. The Morgan fingerprint density at radius 1 is 0.474 bits per heavy atom. The Morgan fingerprint density at radius 2 is 0.947 bits per heavy atom. The van der Waals surface area contributed by atoms with Crippen LogP contribution in [0.1, 0.15) is 96.4 Å². The van der Waals surface area contributed by atoms with E-state index in [2.05, 4.69) is 17.2 Å². The monoisotopic (exact) mass is 1360 g/mol. The molecule has 0 aromatic carbocycles. The number of ether oxygens (including phenoxy) is 21. The molecular weight excluding hydrogens is 1290 g/mol. The molecule has 0 aromatic heterocycles. The van der Waals surface area contributed by atoms with Gasteiger partial charge >= 0.3 is 83.7 Å². The van der Waals surface area contributed by atoms with Crippen LogP contribution in [0.15, 0.2) is 12.7 Å². The number of amides is 2. The van der Waals surface area contributed by atoms with Crippen molar-refractivity contribution in [1.82, 2.24) is 10.6 Å². The maximum Gasteiger partial charge on any atom is 0.407 e. The topological polar surface area (TPSA) is 474 Å². The molecule has 38 heteroatoms. The van der Waals surface area contributed by atoms with Crippen molar-refractivity contribution in [3.8, 4) is 0 Å². The van der Waals surface area contributed by atoms with Crippen LogP contribution in [0.4, 0.5) is 4.79 Å². The van der Waals surface area contributed by atoms with Crippen LogP contribution in [0, 0.1) is 0 Å². The lowest BCUT2D eigenvalue weighted by Crippen LogP contribution is -2.75. The molecule has 38 nitrogen and oxygen atoms in total. The van der Waals surface area contributed by atoms with Crippen molar-refractivity contribution in [2.75, 3.05) is 33.0 Å². The Labute approximate surface area is 540 Å². The van der Waals surface area contributed by atoms with E-state index in [1.165, 1.54) is 0 Å². The van der Waals surface area contributed by atoms with Gasteiger partial charge in [0.15, 0.2) is 55.3 Å². The Balaban J connectivity index is 1.78. The number of esters is 13. The summed E-state index contributed by atoms with van der Waals surface area (Å²) >= 11 is 0. The highest BCUT2D eigenvalue weighted by atomic mass is 16.8. The fraction of sp³-hybridized carbons (Fsp3) is 0.702. The molecule has 5 heterocycles. The highest BCUT2D eigenvalue weighted by Gasteiger charge is 2.68. The molecule has 21 atom stereocenters. The van der Waals surface area contributed by atoms with E-state index in [9.17, 15) is 67.1 Å². The fourth-order valence-corrected chi connectivity index (χ4v) is 10.6. The third-order valence-corrected chi connectivity index (χ3v) is 13.8. The summed E-state index contributed by atoms with van der Waals surface area (Å²) in [7, 11) is 0. The molecule has 0 radical (unpaired) electrons. The highest BCUT2D eigenvalue weighted by molar-refractivity contribution is 5.80. The van der Waals surface area contributed by atoms with Crippen molar-refractivity contribution < 1.29 is 171 Å². The van der Waals surface area contributed by atoms with E-state index in [0.717, 1.165) is 96.1 Å². The average Bonchev–Trinajstić information content (AvgIpc) is 0.729. The minimum atomic E-state index is -3.02. The summed E-state index contributed by atoms with van der Waals surface area (Å²) in [6, 6.07) is -3.76. The van der Waals surface area contributed by atoms with E-state index in [1.54, 1.807) is 0 Å². The van der Waals surface area contributed by atoms with Gasteiger partial charge in [0.05, 0.1) is 12.5 Å². The van der Waals surface area contributed by atoms with Gasteiger partial charge in [-0.2, -0.15) is 0 Å². The second-order valence-corrected chi connectivity index (χ2v) is 21.6. The van der Waals surface area contributed by atoms with Crippen LogP contribution in [0.2, 0.25) is 0 Å². The maximum atomic E-state index is 15.3. The number of nitrogens with one attached hydrogen (secondary N) is 2. The largest absolute Gasteiger partial charge is 0.463 e. The van der Waals surface area contributed by atoms with E-state index < -0.39 is 257 Å². The van der Waals surface area contributed by atoms with Crippen LogP contribution in [0.5, 0.6) is 0 Å². The van der Waals surface area contributed by atoms with Gasteiger partial charge in [-0.25, -0.2) is 9.59 Å². The zero-order chi connectivity index (χ0) is 70.9. The van der Waals surface area contributed by atoms with Crippen molar-refractivity contribution in [1.29, 1.82) is 0 Å². The molecule has 0 aromatic rings. The van der Waals surface area contributed by atoms with E-state index in [4.69, 9.17) is 99.5 Å². The second-order valence-electron chi connectivity index (χ2n) is 21.6. The summed E-state index contributed by atoms with van der Waals surface area (Å²) in [5, 5.41) is 4.92. The lowest BCUT2D eigenvalue weighted by atomic mass is 9.86. The average molecular weight is 1370 g/mol. The van der Waals surface area contributed by atoms with Crippen LogP contribution in [-0.4, -0.2) is 251 Å². The summed E-state index contributed by atoms with van der Waals surface area (Å²) in [5.41, 5.74) is 0. The highest BCUT2D eigenvalue weighted by Crippen LogP contribution is 2.45. The second kappa shape index (κ2) is 34.6. The molecule has 5 saturated heterocycles. The van der Waals surface area contributed by atoms with Crippen molar-refractivity contribution in [3.05, 3.63) is 12.7 Å². The Hall–Kier alpha value is -8.69. The van der Waals surface area contributed by atoms with Gasteiger partial charge in [-0.3, -0.25) is 62.3 Å². The summed E-state index contributed by atoms with van der Waals surface area (Å²) in [4.78, 5) is 196. The fourth-order valence-electron chi connectivity index (χ4n) is 10.6. The molecule has 5 aliphatic heterocycles. The Bertz CT molecular complexity index is 2880. The minimum absolute atomic E-state index is 0.492. The summed E-state index contributed by atoms with van der Waals surface area (Å²) in [5.74, 6) is -18.0. The third-order valence-electron chi connectivity index (χ3n) is 13.8. The number of fused-ring (bicyclic) bond motifs is 1. The molecule has 5 rings (SSSR count). The number of carbonyl (C=O) groups excluding carboxylic acids is 15. The molecule has 530 valence electrons. The molecule has 1 unspecified atom stereocenters. The zero-order valence-electron chi connectivity index (χ0n) is 53.8. The van der Waals surface area contributed by atoms with E-state index in [1.807, 2.05) is 0 Å². The number of hydrogen-bond donors (Lipinski definition) is 2. The van der Waals surface area contributed by atoms with Crippen LogP contribution >= 0.6 is 0 Å². The van der Waals surface area contributed by atoms with Crippen molar-refractivity contribution in [2.45, 2.75) is 225 Å². The van der Waals surface area contributed by atoms with Gasteiger partial charge in [0.2, 0.25) is 12.2 Å².